The maximum absolute atomic E-state index is 6.27. The summed E-state index contributed by atoms with van der Waals surface area (Å²) in [5.41, 5.74) is 8.08. The van der Waals surface area contributed by atoms with E-state index in [0.29, 0.717) is 6.04 Å². The zero-order chi connectivity index (χ0) is 14.4. The number of anilines is 2. The summed E-state index contributed by atoms with van der Waals surface area (Å²) < 4.78 is 2.09. The summed E-state index contributed by atoms with van der Waals surface area (Å²) in [5, 5.41) is 4.60. The number of hydrogen-bond acceptors (Lipinski definition) is 3. The van der Waals surface area contributed by atoms with Gasteiger partial charge in [-0.1, -0.05) is 27.2 Å². The molecule has 0 radical (unpaired) electrons. The molecule has 0 saturated heterocycles. The number of aromatic nitrogens is 2. The molecule has 1 atom stereocenters. The molecule has 0 saturated carbocycles. The van der Waals surface area contributed by atoms with E-state index in [9.17, 15) is 0 Å². The second-order valence-electron chi connectivity index (χ2n) is 5.35. The van der Waals surface area contributed by atoms with Crippen molar-refractivity contribution >= 4 is 11.5 Å². The molecule has 0 aromatic carbocycles. The van der Waals surface area contributed by atoms with Crippen molar-refractivity contribution in [2.75, 3.05) is 17.2 Å². The van der Waals surface area contributed by atoms with Gasteiger partial charge in [-0.2, -0.15) is 5.10 Å². The lowest BCUT2D eigenvalue weighted by Gasteiger charge is -2.31. The highest BCUT2D eigenvalue weighted by molar-refractivity contribution is 5.66. The molecule has 0 aliphatic rings. The van der Waals surface area contributed by atoms with E-state index in [2.05, 4.69) is 42.4 Å². The Hall–Kier alpha value is -1.19. The Balaban J connectivity index is 3.11. The molecule has 4 nitrogen and oxygen atoms in total. The van der Waals surface area contributed by atoms with E-state index >= 15 is 0 Å². The van der Waals surface area contributed by atoms with E-state index in [1.54, 1.807) is 0 Å². The summed E-state index contributed by atoms with van der Waals surface area (Å²) >= 11 is 0. The van der Waals surface area contributed by atoms with Gasteiger partial charge in [0.1, 0.15) is 0 Å². The third kappa shape index (κ3) is 3.64. The van der Waals surface area contributed by atoms with E-state index in [-0.39, 0.29) is 0 Å². The molecule has 0 aliphatic carbocycles. The summed E-state index contributed by atoms with van der Waals surface area (Å²) in [4.78, 5) is 2.44. The predicted molar refractivity (Wildman–Crippen MR) is 83.7 cm³/mol. The molecule has 0 spiro atoms. The third-order valence-corrected chi connectivity index (χ3v) is 3.73. The van der Waals surface area contributed by atoms with E-state index in [1.165, 1.54) is 12.8 Å². The molecule has 110 valence electrons. The van der Waals surface area contributed by atoms with Crippen molar-refractivity contribution in [2.24, 2.45) is 0 Å². The zero-order valence-electron chi connectivity index (χ0n) is 13.2. The first-order valence-corrected chi connectivity index (χ1v) is 7.66. The van der Waals surface area contributed by atoms with Gasteiger partial charge in [0, 0.05) is 19.1 Å². The van der Waals surface area contributed by atoms with Gasteiger partial charge in [-0.15, -0.1) is 0 Å². The van der Waals surface area contributed by atoms with Gasteiger partial charge in [0.25, 0.3) is 0 Å². The minimum absolute atomic E-state index is 0.501. The third-order valence-electron chi connectivity index (χ3n) is 3.73. The molecule has 1 aromatic rings. The average molecular weight is 266 g/mol. The largest absolute Gasteiger partial charge is 0.394 e. The maximum Gasteiger partial charge on any atom is 0.150 e. The van der Waals surface area contributed by atoms with Gasteiger partial charge >= 0.3 is 0 Å². The van der Waals surface area contributed by atoms with Crippen LogP contribution in [0.1, 0.15) is 59.1 Å². The smallest absolute Gasteiger partial charge is 0.150 e. The topological polar surface area (TPSA) is 47.1 Å². The number of nitrogen functional groups attached to an aromatic ring is 1. The van der Waals surface area contributed by atoms with Crippen LogP contribution in [0, 0.1) is 6.92 Å². The molecular weight excluding hydrogens is 236 g/mol. The Kier molecular flexibility index (Phi) is 6.19. The molecule has 1 rings (SSSR count). The van der Waals surface area contributed by atoms with Crippen LogP contribution in [-0.2, 0) is 6.54 Å². The molecule has 0 fully saturated rings. The molecule has 4 heteroatoms. The summed E-state index contributed by atoms with van der Waals surface area (Å²) in [6, 6.07) is 0.501. The number of aryl methyl sites for hydroxylation is 2. The average Bonchev–Trinajstić information content (AvgIpc) is 2.67. The predicted octanol–water partition coefficient (Wildman–Crippen LogP) is 3.59. The van der Waals surface area contributed by atoms with E-state index < -0.39 is 0 Å². The van der Waals surface area contributed by atoms with Crippen LogP contribution >= 0.6 is 0 Å². The standard InChI is InChI=1S/C15H30N4/c1-6-9-11-18(12(4)8-3)15-14(16)13(5)17-19(15)10-7-2/h12H,6-11,16H2,1-5H3. The molecule has 19 heavy (non-hydrogen) atoms. The fourth-order valence-electron chi connectivity index (χ4n) is 2.34. The summed E-state index contributed by atoms with van der Waals surface area (Å²) in [5.74, 6) is 1.13. The quantitative estimate of drug-likeness (QED) is 0.782. The lowest BCUT2D eigenvalue weighted by molar-refractivity contribution is 0.540. The highest BCUT2D eigenvalue weighted by Gasteiger charge is 2.21. The number of rotatable bonds is 8. The summed E-state index contributed by atoms with van der Waals surface area (Å²) in [6.45, 7) is 12.9. The van der Waals surface area contributed by atoms with E-state index in [1.807, 2.05) is 6.92 Å². The Bertz CT molecular complexity index is 384. The minimum atomic E-state index is 0.501. The van der Waals surface area contributed by atoms with Crippen LogP contribution < -0.4 is 10.6 Å². The monoisotopic (exact) mass is 266 g/mol. The maximum atomic E-state index is 6.27. The molecule has 0 bridgehead atoms. The molecule has 1 aromatic heterocycles. The first-order chi connectivity index (χ1) is 9.06. The van der Waals surface area contributed by atoms with Crippen molar-refractivity contribution in [3.63, 3.8) is 0 Å². The summed E-state index contributed by atoms with van der Waals surface area (Å²) in [6.07, 6.45) is 4.60. The second-order valence-corrected chi connectivity index (χ2v) is 5.35. The van der Waals surface area contributed by atoms with Crippen molar-refractivity contribution in [3.05, 3.63) is 5.69 Å². The first-order valence-electron chi connectivity index (χ1n) is 7.66. The number of nitrogens with zero attached hydrogens (tertiary/aromatic N) is 3. The van der Waals surface area contributed by atoms with Crippen molar-refractivity contribution in [2.45, 2.75) is 72.9 Å². The number of nitrogens with two attached hydrogens (primary N) is 1. The lowest BCUT2D eigenvalue weighted by atomic mass is 10.2. The van der Waals surface area contributed by atoms with Crippen LogP contribution in [0.25, 0.3) is 0 Å². The number of unbranched alkanes of at least 4 members (excludes halogenated alkanes) is 1. The Morgan fingerprint density at radius 2 is 1.95 bits per heavy atom. The van der Waals surface area contributed by atoms with Gasteiger partial charge in [-0.25, -0.2) is 4.68 Å². The molecule has 1 heterocycles. The first kappa shape index (κ1) is 15.9. The van der Waals surface area contributed by atoms with Crippen LogP contribution in [-0.4, -0.2) is 22.4 Å². The molecule has 2 N–H and O–H groups in total. The normalized spacial score (nSPS) is 12.7. The Morgan fingerprint density at radius 3 is 2.47 bits per heavy atom. The van der Waals surface area contributed by atoms with Gasteiger partial charge in [-0.3, -0.25) is 0 Å². The Morgan fingerprint density at radius 1 is 1.26 bits per heavy atom. The van der Waals surface area contributed by atoms with Crippen LogP contribution in [0.3, 0.4) is 0 Å². The van der Waals surface area contributed by atoms with Crippen LogP contribution in [0.2, 0.25) is 0 Å². The van der Waals surface area contributed by atoms with Crippen molar-refractivity contribution in [1.82, 2.24) is 9.78 Å². The van der Waals surface area contributed by atoms with Gasteiger partial charge in [0.2, 0.25) is 0 Å². The highest BCUT2D eigenvalue weighted by Crippen LogP contribution is 2.29. The van der Waals surface area contributed by atoms with Crippen LogP contribution in [0.5, 0.6) is 0 Å². The fourth-order valence-corrected chi connectivity index (χ4v) is 2.34. The zero-order valence-corrected chi connectivity index (χ0v) is 13.2. The second kappa shape index (κ2) is 7.41. The molecule has 1 unspecified atom stereocenters. The van der Waals surface area contributed by atoms with Gasteiger partial charge in [-0.05, 0) is 33.1 Å². The molecule has 0 amide bonds. The molecular formula is C15H30N4. The highest BCUT2D eigenvalue weighted by atomic mass is 15.4. The van der Waals surface area contributed by atoms with Gasteiger partial charge in [0.15, 0.2) is 5.82 Å². The van der Waals surface area contributed by atoms with Crippen molar-refractivity contribution in [1.29, 1.82) is 0 Å². The van der Waals surface area contributed by atoms with E-state index in [0.717, 1.165) is 43.1 Å². The Labute approximate surface area is 118 Å². The minimum Gasteiger partial charge on any atom is -0.394 e. The van der Waals surface area contributed by atoms with Gasteiger partial charge < -0.3 is 10.6 Å². The molecule has 0 aliphatic heterocycles. The van der Waals surface area contributed by atoms with Crippen molar-refractivity contribution < 1.29 is 0 Å². The summed E-state index contributed by atoms with van der Waals surface area (Å²) in [7, 11) is 0. The lowest BCUT2D eigenvalue weighted by Crippen LogP contribution is -2.35. The fraction of sp³-hybridized carbons (Fsp3) is 0.800. The van der Waals surface area contributed by atoms with E-state index in [4.69, 9.17) is 5.73 Å². The van der Waals surface area contributed by atoms with Gasteiger partial charge in [0.05, 0.1) is 11.4 Å². The number of hydrogen-bond donors (Lipinski definition) is 1. The van der Waals surface area contributed by atoms with Crippen LogP contribution in [0.15, 0.2) is 0 Å². The van der Waals surface area contributed by atoms with Crippen LogP contribution in [0.4, 0.5) is 11.5 Å². The SMILES string of the molecule is CCCCN(c1c(N)c(C)nn1CCC)C(C)CC. The van der Waals surface area contributed by atoms with Crippen molar-refractivity contribution in [3.8, 4) is 0 Å².